The molecule has 0 aliphatic heterocycles. The minimum absolute atomic E-state index is 0.147. The molecule has 3 rings (SSSR count). The van der Waals surface area contributed by atoms with Crippen LogP contribution < -0.4 is 16.2 Å². The molecule has 3 aromatic rings. The predicted molar refractivity (Wildman–Crippen MR) is 118 cm³/mol. The van der Waals surface area contributed by atoms with E-state index >= 15 is 0 Å². The zero-order valence-electron chi connectivity index (χ0n) is 17.7. The van der Waals surface area contributed by atoms with Gasteiger partial charge in [-0.2, -0.15) is 0 Å². The summed E-state index contributed by atoms with van der Waals surface area (Å²) in [5, 5.41) is 5.73. The molecule has 0 aliphatic rings. The van der Waals surface area contributed by atoms with Gasteiger partial charge in [0.25, 0.3) is 11.5 Å². The van der Waals surface area contributed by atoms with Crippen molar-refractivity contribution < 1.29 is 9.59 Å². The molecule has 1 aromatic heterocycles. The molecule has 0 radical (unpaired) electrons. The van der Waals surface area contributed by atoms with E-state index in [0.717, 1.165) is 28.8 Å². The lowest BCUT2D eigenvalue weighted by Gasteiger charge is -2.14. The minimum atomic E-state index is -0.377. The van der Waals surface area contributed by atoms with Crippen LogP contribution in [0.4, 0.5) is 5.69 Å². The highest BCUT2D eigenvalue weighted by Crippen LogP contribution is 2.22. The monoisotopic (exact) mass is 406 g/mol. The van der Waals surface area contributed by atoms with Crippen molar-refractivity contribution in [2.45, 2.75) is 40.7 Å². The van der Waals surface area contributed by atoms with Crippen LogP contribution in [0.5, 0.6) is 0 Å². The fourth-order valence-electron chi connectivity index (χ4n) is 3.51. The molecule has 1 heterocycles. The Bertz CT molecular complexity index is 1160. The van der Waals surface area contributed by atoms with Crippen LogP contribution in [0.25, 0.3) is 11.0 Å². The van der Waals surface area contributed by atoms with Gasteiger partial charge in [-0.1, -0.05) is 24.6 Å². The summed E-state index contributed by atoms with van der Waals surface area (Å²) in [5.41, 5.74) is 4.88. The summed E-state index contributed by atoms with van der Waals surface area (Å²) in [6, 6.07) is 8.92. The number of aryl methyl sites for hydroxylation is 3. The van der Waals surface area contributed by atoms with Gasteiger partial charge in [-0.15, -0.1) is 0 Å². The van der Waals surface area contributed by atoms with Crippen LogP contribution in [0.1, 0.15) is 40.4 Å². The molecule has 0 bridgehead atoms. The first kappa shape index (κ1) is 21.2. The molecule has 7 heteroatoms. The van der Waals surface area contributed by atoms with Crippen molar-refractivity contribution >= 4 is 28.5 Å². The van der Waals surface area contributed by atoms with Crippen molar-refractivity contribution in [2.75, 3.05) is 11.9 Å². The van der Waals surface area contributed by atoms with Crippen LogP contribution >= 0.6 is 0 Å². The van der Waals surface area contributed by atoms with Gasteiger partial charge in [-0.3, -0.25) is 19.0 Å². The van der Waals surface area contributed by atoms with Gasteiger partial charge >= 0.3 is 0 Å². The standard InChI is InChI=1S/C23H26N4O3/c1-5-8-24-23(30)17-6-7-19-18(11-17)25-12-21(29)27(19)13-20(28)26-22-15(3)9-14(2)10-16(22)4/h6-7,9-12H,5,8,13H2,1-4H3,(H,24,30)(H,26,28). The van der Waals surface area contributed by atoms with Crippen molar-refractivity contribution in [3.63, 3.8) is 0 Å². The average Bonchev–Trinajstić information content (AvgIpc) is 2.70. The number of hydrogen-bond acceptors (Lipinski definition) is 4. The molecule has 0 aliphatic carbocycles. The van der Waals surface area contributed by atoms with Gasteiger partial charge < -0.3 is 10.6 Å². The number of benzene rings is 2. The second-order valence-electron chi connectivity index (χ2n) is 7.46. The lowest BCUT2D eigenvalue weighted by Crippen LogP contribution is -2.28. The molecule has 0 saturated heterocycles. The number of carbonyl (C=O) groups is 2. The van der Waals surface area contributed by atoms with Crippen molar-refractivity contribution in [3.8, 4) is 0 Å². The maximum Gasteiger partial charge on any atom is 0.269 e. The lowest BCUT2D eigenvalue weighted by molar-refractivity contribution is -0.116. The van der Waals surface area contributed by atoms with E-state index in [9.17, 15) is 14.4 Å². The Morgan fingerprint density at radius 1 is 1.07 bits per heavy atom. The van der Waals surface area contributed by atoms with Crippen LogP contribution in [-0.4, -0.2) is 27.9 Å². The summed E-state index contributed by atoms with van der Waals surface area (Å²) in [6.45, 7) is 8.30. The zero-order chi connectivity index (χ0) is 21.8. The molecule has 0 unspecified atom stereocenters. The summed E-state index contributed by atoms with van der Waals surface area (Å²) in [4.78, 5) is 41.5. The normalized spacial score (nSPS) is 10.8. The molecule has 2 N–H and O–H groups in total. The van der Waals surface area contributed by atoms with Crippen LogP contribution in [0, 0.1) is 20.8 Å². The van der Waals surface area contributed by atoms with Crippen LogP contribution in [0.15, 0.2) is 41.3 Å². The average molecular weight is 406 g/mol. The van der Waals surface area contributed by atoms with E-state index in [2.05, 4.69) is 15.6 Å². The third-order valence-corrected chi connectivity index (χ3v) is 4.89. The van der Waals surface area contributed by atoms with Gasteiger partial charge in [-0.25, -0.2) is 4.98 Å². The third-order valence-electron chi connectivity index (χ3n) is 4.89. The van der Waals surface area contributed by atoms with Crippen molar-refractivity contribution in [1.82, 2.24) is 14.9 Å². The van der Waals surface area contributed by atoms with Crippen LogP contribution in [0.2, 0.25) is 0 Å². The summed E-state index contributed by atoms with van der Waals surface area (Å²) in [5.74, 6) is -0.495. The zero-order valence-corrected chi connectivity index (χ0v) is 17.7. The maximum atomic E-state index is 12.7. The topological polar surface area (TPSA) is 93.1 Å². The van der Waals surface area contributed by atoms with E-state index in [1.165, 1.54) is 10.8 Å². The smallest absolute Gasteiger partial charge is 0.269 e. The molecule has 0 saturated carbocycles. The van der Waals surface area contributed by atoms with Gasteiger partial charge in [0, 0.05) is 17.8 Å². The van der Waals surface area contributed by atoms with Crippen molar-refractivity contribution in [3.05, 3.63) is 69.1 Å². The summed E-state index contributed by atoms with van der Waals surface area (Å²) >= 11 is 0. The molecule has 0 spiro atoms. The highest BCUT2D eigenvalue weighted by molar-refractivity contribution is 5.97. The number of carbonyl (C=O) groups excluding carboxylic acids is 2. The third kappa shape index (κ3) is 4.56. The molecule has 156 valence electrons. The molecule has 0 atom stereocenters. The van der Waals surface area contributed by atoms with Gasteiger partial charge in [-0.05, 0) is 56.5 Å². The first-order chi connectivity index (χ1) is 14.3. The Morgan fingerprint density at radius 3 is 2.43 bits per heavy atom. The fraction of sp³-hybridized carbons (Fsp3) is 0.304. The number of amides is 2. The Hall–Kier alpha value is -3.48. The minimum Gasteiger partial charge on any atom is -0.352 e. The Balaban J connectivity index is 1.88. The van der Waals surface area contributed by atoms with Gasteiger partial charge in [0.1, 0.15) is 6.54 Å². The summed E-state index contributed by atoms with van der Waals surface area (Å²) in [6.07, 6.45) is 2.01. The van der Waals surface area contributed by atoms with Crippen molar-refractivity contribution in [1.29, 1.82) is 0 Å². The summed E-state index contributed by atoms with van der Waals surface area (Å²) < 4.78 is 1.37. The number of hydrogen-bond donors (Lipinski definition) is 2. The second-order valence-corrected chi connectivity index (χ2v) is 7.46. The lowest BCUT2D eigenvalue weighted by atomic mass is 10.1. The molecule has 7 nitrogen and oxygen atoms in total. The van der Waals surface area contributed by atoms with E-state index in [1.807, 2.05) is 39.8 Å². The predicted octanol–water partition coefficient (Wildman–Crippen LogP) is 3.10. The first-order valence-corrected chi connectivity index (χ1v) is 9.95. The van der Waals surface area contributed by atoms with Gasteiger partial charge in [0.2, 0.25) is 5.91 Å². The number of rotatable bonds is 6. The second kappa shape index (κ2) is 8.90. The number of anilines is 1. The summed E-state index contributed by atoms with van der Waals surface area (Å²) in [7, 11) is 0. The fourth-order valence-corrected chi connectivity index (χ4v) is 3.51. The molecule has 2 aromatic carbocycles. The number of aromatic nitrogens is 2. The van der Waals surface area contributed by atoms with Gasteiger partial charge in [0.15, 0.2) is 0 Å². The Morgan fingerprint density at radius 2 is 1.77 bits per heavy atom. The van der Waals surface area contributed by atoms with E-state index in [1.54, 1.807) is 18.2 Å². The molecule has 2 amide bonds. The van der Waals surface area contributed by atoms with Crippen molar-refractivity contribution in [2.24, 2.45) is 0 Å². The molecule has 0 fully saturated rings. The highest BCUT2D eigenvalue weighted by Gasteiger charge is 2.14. The molecule has 30 heavy (non-hydrogen) atoms. The largest absolute Gasteiger partial charge is 0.352 e. The SMILES string of the molecule is CCCNC(=O)c1ccc2c(c1)ncc(=O)n2CC(=O)Nc1c(C)cc(C)cc1C. The first-order valence-electron chi connectivity index (χ1n) is 9.95. The van der Waals surface area contributed by atoms with Crippen LogP contribution in [0.3, 0.4) is 0 Å². The van der Waals surface area contributed by atoms with E-state index in [4.69, 9.17) is 0 Å². The van der Waals surface area contributed by atoms with E-state index < -0.39 is 0 Å². The Labute approximate surface area is 175 Å². The number of fused-ring (bicyclic) bond motifs is 1. The van der Waals surface area contributed by atoms with Crippen LogP contribution in [-0.2, 0) is 11.3 Å². The van der Waals surface area contributed by atoms with E-state index in [-0.39, 0.29) is 23.9 Å². The highest BCUT2D eigenvalue weighted by atomic mass is 16.2. The number of nitrogens with one attached hydrogen (secondary N) is 2. The maximum absolute atomic E-state index is 12.7. The molecular formula is C23H26N4O3. The number of nitrogens with zero attached hydrogens (tertiary/aromatic N) is 2. The van der Waals surface area contributed by atoms with Gasteiger partial charge in [0.05, 0.1) is 17.2 Å². The Kier molecular flexibility index (Phi) is 6.30. The quantitative estimate of drug-likeness (QED) is 0.658. The van der Waals surface area contributed by atoms with E-state index in [0.29, 0.717) is 23.1 Å². The molecular weight excluding hydrogens is 380 g/mol.